The molecule has 0 fully saturated rings. The fraction of sp³-hybridized carbons (Fsp3) is 0.0588. The average Bonchev–Trinajstić information content (AvgIpc) is 3.89. The maximum Gasteiger partial charge on any atom is 2.00 e. The van der Waals surface area contributed by atoms with Crippen LogP contribution in [0.4, 0.5) is 0 Å². The van der Waals surface area contributed by atoms with Crippen LogP contribution in [0.1, 0.15) is 0 Å². The Labute approximate surface area is 300 Å². The van der Waals surface area contributed by atoms with Gasteiger partial charge in [0.15, 0.2) is 0 Å². The third-order valence-corrected chi connectivity index (χ3v) is 7.66. The van der Waals surface area contributed by atoms with Crippen LogP contribution < -0.4 is 0 Å². The standard InChI is InChI=1S/2C17H10N4O2.2Pt/c2*1-20-6-14(19-10-20)13-7-22-16-5-17-12(4-11(13)16)15(8-23-17)21-3-2-18-9-21;;/h2*2-3,5-8,10H,1H3;;/q2*-2;2*+2. The van der Waals surface area contributed by atoms with Gasteiger partial charge in [-0.1, -0.05) is 46.3 Å². The van der Waals surface area contributed by atoms with Gasteiger partial charge in [0.2, 0.25) is 0 Å². The molecule has 14 heteroatoms. The maximum absolute atomic E-state index is 5.65. The Morgan fingerprint density at radius 2 is 0.979 bits per heavy atom. The summed E-state index contributed by atoms with van der Waals surface area (Å²) in [4.78, 5) is 16.7. The Balaban J connectivity index is 0.000000146. The zero-order valence-corrected chi connectivity index (χ0v) is 29.5. The summed E-state index contributed by atoms with van der Waals surface area (Å²) in [5.74, 6) is 0. The molecule has 0 aliphatic rings. The van der Waals surface area contributed by atoms with Gasteiger partial charge in [0.25, 0.3) is 0 Å². The van der Waals surface area contributed by atoms with E-state index in [1.54, 1.807) is 59.2 Å². The van der Waals surface area contributed by atoms with Crippen molar-refractivity contribution >= 4 is 43.9 Å². The van der Waals surface area contributed by atoms with Crippen LogP contribution in [-0.4, -0.2) is 38.2 Å². The van der Waals surface area contributed by atoms with Gasteiger partial charge in [-0.25, -0.2) is 9.97 Å². The van der Waals surface area contributed by atoms with Crippen LogP contribution in [0.15, 0.2) is 105 Å². The Kier molecular flexibility index (Phi) is 8.15. The van der Waals surface area contributed by atoms with E-state index in [0.717, 1.165) is 55.4 Å². The molecule has 0 aliphatic heterocycles. The molecule has 0 radical (unpaired) electrons. The van der Waals surface area contributed by atoms with Crippen LogP contribution in [0.25, 0.3) is 77.8 Å². The minimum absolute atomic E-state index is 0. The fourth-order valence-electron chi connectivity index (χ4n) is 5.46. The van der Waals surface area contributed by atoms with Crippen LogP contribution in [0, 0.1) is 24.8 Å². The topological polar surface area (TPSA) is 124 Å². The number of aromatic nitrogens is 8. The third kappa shape index (κ3) is 5.27. The summed E-state index contributed by atoms with van der Waals surface area (Å²) >= 11 is 0. The molecule has 0 saturated heterocycles. The van der Waals surface area contributed by atoms with E-state index in [4.69, 9.17) is 17.7 Å². The van der Waals surface area contributed by atoms with Gasteiger partial charge >= 0.3 is 42.1 Å². The first-order chi connectivity index (χ1) is 22.6. The second-order valence-corrected chi connectivity index (χ2v) is 10.7. The predicted octanol–water partition coefficient (Wildman–Crippen LogP) is 6.73. The van der Waals surface area contributed by atoms with Crippen molar-refractivity contribution in [3.63, 3.8) is 0 Å². The summed E-state index contributed by atoms with van der Waals surface area (Å²) in [6, 6.07) is 10.5. The second-order valence-electron chi connectivity index (χ2n) is 10.7. The van der Waals surface area contributed by atoms with Crippen molar-refractivity contribution < 1.29 is 59.8 Å². The minimum atomic E-state index is 0. The van der Waals surface area contributed by atoms with Crippen LogP contribution >= 0.6 is 0 Å². The van der Waals surface area contributed by atoms with E-state index < -0.39 is 0 Å². The van der Waals surface area contributed by atoms with Gasteiger partial charge < -0.3 is 45.9 Å². The van der Waals surface area contributed by atoms with E-state index in [1.807, 2.05) is 60.1 Å². The molecule has 10 rings (SSSR count). The largest absolute Gasteiger partial charge is 2.00 e. The second kappa shape index (κ2) is 12.4. The molecule has 8 heterocycles. The van der Waals surface area contributed by atoms with Crippen molar-refractivity contribution in [2.75, 3.05) is 0 Å². The molecule has 10 aromatic rings. The number of furan rings is 4. The van der Waals surface area contributed by atoms with E-state index in [9.17, 15) is 0 Å². The third-order valence-electron chi connectivity index (χ3n) is 7.66. The van der Waals surface area contributed by atoms with Crippen molar-refractivity contribution in [1.29, 1.82) is 0 Å². The molecular weight excluding hydrogens is 975 g/mol. The number of imidazole rings is 4. The predicted molar refractivity (Wildman–Crippen MR) is 166 cm³/mol. The number of hydrogen-bond acceptors (Lipinski definition) is 8. The van der Waals surface area contributed by atoms with Gasteiger partial charge in [0.05, 0.1) is 71.4 Å². The SMILES string of the molecule is Cn1cnc(-c2coc3cc4occ(-n5[c-]ncc5)c4[c-]c23)c1.Cn1cnc(-c2coc3cc4occ(-n5[c-]ncc5)c4[c-]c23)c1.[Pt+2].[Pt+2]. The molecule has 0 unspecified atom stereocenters. The van der Waals surface area contributed by atoms with E-state index >= 15 is 0 Å². The zero-order chi connectivity index (χ0) is 30.8. The molecule has 0 amide bonds. The summed E-state index contributed by atoms with van der Waals surface area (Å²) in [7, 11) is 3.87. The number of hydrogen-bond donors (Lipinski definition) is 0. The van der Waals surface area contributed by atoms with Crippen molar-refractivity contribution in [1.82, 2.24) is 38.2 Å². The van der Waals surface area contributed by atoms with Crippen molar-refractivity contribution in [3.05, 3.63) is 112 Å². The van der Waals surface area contributed by atoms with Gasteiger partial charge in [0.1, 0.15) is 0 Å². The van der Waals surface area contributed by atoms with Crippen LogP contribution in [0.3, 0.4) is 0 Å². The number of nitrogens with zero attached hydrogens (tertiary/aromatic N) is 8. The molecule has 12 nitrogen and oxygen atoms in total. The zero-order valence-electron chi connectivity index (χ0n) is 24.9. The Bertz CT molecular complexity index is 2450. The van der Waals surface area contributed by atoms with Crippen LogP contribution in [0.5, 0.6) is 0 Å². The molecule has 0 atom stereocenters. The first-order valence-corrected chi connectivity index (χ1v) is 14.1. The molecule has 0 N–H and O–H groups in total. The van der Waals surface area contributed by atoms with E-state index in [1.165, 1.54) is 0 Å². The Morgan fingerprint density at radius 1 is 0.562 bits per heavy atom. The summed E-state index contributed by atoms with van der Waals surface area (Å²) in [5, 5.41) is 3.45. The number of rotatable bonds is 4. The minimum Gasteiger partial charge on any atom is -0.507 e. The first kappa shape index (κ1) is 31.4. The molecule has 240 valence electrons. The molecule has 0 saturated carbocycles. The van der Waals surface area contributed by atoms with Crippen LogP contribution in [-0.2, 0) is 56.2 Å². The molecule has 0 spiro atoms. The van der Waals surface area contributed by atoms with Crippen LogP contribution in [0.2, 0.25) is 0 Å². The molecule has 0 bridgehead atoms. The smallest absolute Gasteiger partial charge is 0.507 e. The Morgan fingerprint density at radius 3 is 1.35 bits per heavy atom. The molecule has 0 aliphatic carbocycles. The molecule has 8 aromatic heterocycles. The summed E-state index contributed by atoms with van der Waals surface area (Å²) in [6.45, 7) is 0. The van der Waals surface area contributed by atoms with Gasteiger partial charge in [-0.2, -0.15) is 0 Å². The van der Waals surface area contributed by atoms with E-state index in [0.29, 0.717) is 22.3 Å². The van der Waals surface area contributed by atoms with E-state index in [-0.39, 0.29) is 42.1 Å². The summed E-state index contributed by atoms with van der Waals surface area (Å²) in [6.07, 6.45) is 26.9. The summed E-state index contributed by atoms with van der Waals surface area (Å²) < 4.78 is 29.9. The summed E-state index contributed by atoms with van der Waals surface area (Å²) in [5.41, 5.74) is 8.03. The van der Waals surface area contributed by atoms with Crippen molar-refractivity contribution in [3.8, 4) is 33.9 Å². The van der Waals surface area contributed by atoms with Gasteiger partial charge in [-0.15, -0.1) is 12.1 Å². The van der Waals surface area contributed by atoms with Crippen molar-refractivity contribution in [2.24, 2.45) is 14.1 Å². The monoisotopic (exact) mass is 994 g/mol. The van der Waals surface area contributed by atoms with Crippen molar-refractivity contribution in [2.45, 2.75) is 0 Å². The van der Waals surface area contributed by atoms with Gasteiger partial charge in [-0.05, 0) is 23.3 Å². The first-order valence-electron chi connectivity index (χ1n) is 14.1. The average molecular weight is 995 g/mol. The number of aryl methyl sites for hydroxylation is 2. The number of benzene rings is 2. The fourth-order valence-corrected chi connectivity index (χ4v) is 5.46. The number of fused-ring (bicyclic) bond motifs is 4. The normalized spacial score (nSPS) is 11.2. The Hall–Kier alpha value is -5.18. The maximum atomic E-state index is 5.65. The quantitative estimate of drug-likeness (QED) is 0.178. The van der Waals surface area contributed by atoms with Gasteiger partial charge in [-0.3, -0.25) is 0 Å². The molecular formula is C34H20N8O4Pt2. The molecule has 2 aromatic carbocycles. The molecule has 48 heavy (non-hydrogen) atoms. The van der Waals surface area contributed by atoms with Gasteiger partial charge in [0, 0.05) is 50.5 Å². The van der Waals surface area contributed by atoms with E-state index in [2.05, 4.69) is 44.7 Å².